The third kappa shape index (κ3) is 4.18. The van der Waals surface area contributed by atoms with Gasteiger partial charge in [-0.2, -0.15) is 0 Å². The summed E-state index contributed by atoms with van der Waals surface area (Å²) in [4.78, 5) is 26.1. The number of benzene rings is 2. The molecule has 0 aliphatic carbocycles. The van der Waals surface area contributed by atoms with E-state index in [9.17, 15) is 9.59 Å². The monoisotopic (exact) mass is 338 g/mol. The van der Waals surface area contributed by atoms with Gasteiger partial charge in [-0.25, -0.2) is 0 Å². The highest BCUT2D eigenvalue weighted by Crippen LogP contribution is 2.28. The van der Waals surface area contributed by atoms with Crippen LogP contribution in [0.25, 0.3) is 0 Å². The van der Waals surface area contributed by atoms with Gasteiger partial charge in [0.15, 0.2) is 0 Å². The Labute approximate surface area is 147 Å². The van der Waals surface area contributed by atoms with E-state index < -0.39 is 0 Å². The maximum atomic E-state index is 12.3. The maximum absolute atomic E-state index is 12.3. The highest BCUT2D eigenvalue weighted by molar-refractivity contribution is 6.00. The highest BCUT2D eigenvalue weighted by Gasteiger charge is 2.35. The molecule has 5 nitrogen and oxygen atoms in total. The van der Waals surface area contributed by atoms with Gasteiger partial charge in [0.2, 0.25) is 11.8 Å². The van der Waals surface area contributed by atoms with Crippen LogP contribution in [0.15, 0.2) is 54.6 Å². The van der Waals surface area contributed by atoms with Crippen molar-refractivity contribution in [2.45, 2.75) is 26.3 Å². The molecule has 1 atom stereocenters. The van der Waals surface area contributed by atoms with E-state index >= 15 is 0 Å². The molecular formula is C20H22N2O3. The number of para-hydroxylation sites is 1. The largest absolute Gasteiger partial charge is 0.457 e. The average Bonchev–Trinajstić information content (AvgIpc) is 2.98. The maximum Gasteiger partial charge on any atom is 0.227 e. The predicted molar refractivity (Wildman–Crippen MR) is 96.7 cm³/mol. The number of hydrogen-bond donors (Lipinski definition) is 1. The molecule has 1 heterocycles. The van der Waals surface area contributed by atoms with Crippen molar-refractivity contribution in [3.05, 3.63) is 54.6 Å². The topological polar surface area (TPSA) is 58.6 Å². The molecule has 5 heteroatoms. The normalized spacial score (nSPS) is 17.0. The Morgan fingerprint density at radius 2 is 1.72 bits per heavy atom. The van der Waals surface area contributed by atoms with Crippen LogP contribution in [0.2, 0.25) is 0 Å². The molecule has 1 aliphatic rings. The molecule has 130 valence electrons. The lowest BCUT2D eigenvalue weighted by Crippen LogP contribution is -2.36. The van der Waals surface area contributed by atoms with Gasteiger partial charge in [0.25, 0.3) is 0 Å². The molecule has 0 aromatic heterocycles. The summed E-state index contributed by atoms with van der Waals surface area (Å²) in [5.74, 6) is 1.08. The Kier molecular flexibility index (Phi) is 5.03. The van der Waals surface area contributed by atoms with E-state index in [-0.39, 0.29) is 30.2 Å². The van der Waals surface area contributed by atoms with E-state index in [2.05, 4.69) is 5.32 Å². The summed E-state index contributed by atoms with van der Waals surface area (Å²) in [6.07, 6.45) is 0.251. The molecule has 2 amide bonds. The number of hydrogen-bond acceptors (Lipinski definition) is 3. The first-order chi connectivity index (χ1) is 12.0. The second-order valence-electron chi connectivity index (χ2n) is 6.48. The van der Waals surface area contributed by atoms with Gasteiger partial charge in [0.05, 0.1) is 5.92 Å². The van der Waals surface area contributed by atoms with Gasteiger partial charge in [-0.1, -0.05) is 18.2 Å². The van der Waals surface area contributed by atoms with Crippen LogP contribution in [0.5, 0.6) is 11.5 Å². The molecule has 3 rings (SSSR count). The Hall–Kier alpha value is -2.82. The van der Waals surface area contributed by atoms with Crippen molar-refractivity contribution in [2.24, 2.45) is 5.92 Å². The molecule has 0 unspecified atom stereocenters. The first-order valence-electron chi connectivity index (χ1n) is 8.46. The SMILES string of the molecule is CC(C)NC(=O)[C@H]1CC(=O)N(c2ccc(Oc3ccccc3)cc2)C1. The van der Waals surface area contributed by atoms with Gasteiger partial charge < -0.3 is 15.0 Å². The Morgan fingerprint density at radius 1 is 1.08 bits per heavy atom. The van der Waals surface area contributed by atoms with E-state index in [4.69, 9.17) is 4.74 Å². The number of ether oxygens (including phenoxy) is 1. The van der Waals surface area contributed by atoms with Gasteiger partial charge >= 0.3 is 0 Å². The van der Waals surface area contributed by atoms with Crippen LogP contribution < -0.4 is 15.0 Å². The first-order valence-corrected chi connectivity index (χ1v) is 8.46. The number of carbonyl (C=O) groups excluding carboxylic acids is 2. The van der Waals surface area contributed by atoms with Gasteiger partial charge in [-0.15, -0.1) is 0 Å². The Morgan fingerprint density at radius 3 is 2.36 bits per heavy atom. The standard InChI is InChI=1S/C20H22N2O3/c1-14(2)21-20(24)15-12-19(23)22(13-15)16-8-10-18(11-9-16)25-17-6-4-3-5-7-17/h3-11,14-15H,12-13H2,1-2H3,(H,21,24)/t15-/m0/s1. The van der Waals surface area contributed by atoms with Crippen LogP contribution in [-0.2, 0) is 9.59 Å². The van der Waals surface area contributed by atoms with Gasteiger partial charge in [0.1, 0.15) is 11.5 Å². The van der Waals surface area contributed by atoms with Crippen molar-refractivity contribution < 1.29 is 14.3 Å². The third-order valence-corrected chi connectivity index (χ3v) is 4.05. The Balaban J connectivity index is 1.66. The van der Waals surface area contributed by atoms with Gasteiger partial charge in [-0.05, 0) is 50.2 Å². The molecule has 2 aromatic rings. The van der Waals surface area contributed by atoms with Crippen LogP contribution in [0.3, 0.4) is 0 Å². The zero-order chi connectivity index (χ0) is 17.8. The van der Waals surface area contributed by atoms with Crippen LogP contribution >= 0.6 is 0 Å². The number of anilines is 1. The number of amides is 2. The fourth-order valence-corrected chi connectivity index (χ4v) is 2.85. The average molecular weight is 338 g/mol. The minimum Gasteiger partial charge on any atom is -0.457 e. The van der Waals surface area contributed by atoms with E-state index in [1.807, 2.05) is 68.4 Å². The van der Waals surface area contributed by atoms with Gasteiger partial charge in [0, 0.05) is 24.7 Å². The lowest BCUT2D eigenvalue weighted by molar-refractivity contribution is -0.126. The molecule has 1 N–H and O–H groups in total. The van der Waals surface area contributed by atoms with Crippen LogP contribution in [-0.4, -0.2) is 24.4 Å². The summed E-state index contributed by atoms with van der Waals surface area (Å²) >= 11 is 0. The summed E-state index contributed by atoms with van der Waals surface area (Å²) in [5, 5.41) is 2.88. The van der Waals surface area contributed by atoms with Crippen molar-refractivity contribution in [3.63, 3.8) is 0 Å². The summed E-state index contributed by atoms with van der Waals surface area (Å²) in [6, 6.07) is 17.0. The smallest absolute Gasteiger partial charge is 0.227 e. The summed E-state index contributed by atoms with van der Waals surface area (Å²) in [7, 11) is 0. The molecule has 25 heavy (non-hydrogen) atoms. The zero-order valence-corrected chi connectivity index (χ0v) is 14.4. The van der Waals surface area contributed by atoms with Crippen molar-refractivity contribution in [3.8, 4) is 11.5 Å². The second-order valence-corrected chi connectivity index (χ2v) is 6.48. The highest BCUT2D eigenvalue weighted by atomic mass is 16.5. The van der Waals surface area contributed by atoms with Crippen molar-refractivity contribution in [1.29, 1.82) is 0 Å². The van der Waals surface area contributed by atoms with E-state index in [0.717, 1.165) is 11.4 Å². The molecule has 0 bridgehead atoms. The zero-order valence-electron chi connectivity index (χ0n) is 14.4. The van der Waals surface area contributed by atoms with Crippen LogP contribution in [0.4, 0.5) is 5.69 Å². The van der Waals surface area contributed by atoms with Crippen molar-refractivity contribution >= 4 is 17.5 Å². The van der Waals surface area contributed by atoms with Crippen LogP contribution in [0.1, 0.15) is 20.3 Å². The number of nitrogens with zero attached hydrogens (tertiary/aromatic N) is 1. The number of nitrogens with one attached hydrogen (secondary N) is 1. The molecule has 0 spiro atoms. The first kappa shape index (κ1) is 17.0. The summed E-state index contributed by atoms with van der Waals surface area (Å²) < 4.78 is 5.76. The molecule has 1 fully saturated rings. The lowest BCUT2D eigenvalue weighted by Gasteiger charge is -2.18. The number of rotatable bonds is 5. The fourth-order valence-electron chi connectivity index (χ4n) is 2.85. The van der Waals surface area contributed by atoms with Crippen molar-refractivity contribution in [1.82, 2.24) is 5.32 Å². The van der Waals surface area contributed by atoms with E-state index in [1.54, 1.807) is 4.90 Å². The molecular weight excluding hydrogens is 316 g/mol. The third-order valence-electron chi connectivity index (χ3n) is 4.05. The molecule has 1 aliphatic heterocycles. The van der Waals surface area contributed by atoms with E-state index in [0.29, 0.717) is 12.3 Å². The van der Waals surface area contributed by atoms with Gasteiger partial charge in [-0.3, -0.25) is 9.59 Å². The molecule has 0 saturated carbocycles. The molecule has 1 saturated heterocycles. The molecule has 0 radical (unpaired) electrons. The van der Waals surface area contributed by atoms with Crippen molar-refractivity contribution in [2.75, 3.05) is 11.4 Å². The molecule has 2 aromatic carbocycles. The quantitative estimate of drug-likeness (QED) is 0.909. The minimum absolute atomic E-state index is 0.0272. The van der Waals surface area contributed by atoms with E-state index in [1.165, 1.54) is 0 Å². The second kappa shape index (κ2) is 7.38. The lowest BCUT2D eigenvalue weighted by atomic mass is 10.1. The predicted octanol–water partition coefficient (Wildman–Crippen LogP) is 3.36. The minimum atomic E-state index is -0.296. The fraction of sp³-hybridized carbons (Fsp3) is 0.300. The summed E-state index contributed by atoms with van der Waals surface area (Å²) in [6.45, 7) is 4.24. The Bertz CT molecular complexity index is 741. The van der Waals surface area contributed by atoms with Crippen LogP contribution in [0, 0.1) is 5.92 Å². The number of carbonyl (C=O) groups is 2. The summed E-state index contributed by atoms with van der Waals surface area (Å²) in [5.41, 5.74) is 0.783.